The Bertz CT molecular complexity index is 5510. The van der Waals surface area contributed by atoms with Gasteiger partial charge in [0.25, 0.3) is 17.4 Å². The van der Waals surface area contributed by atoms with E-state index in [4.69, 9.17) is 64.0 Å². The zero-order chi connectivity index (χ0) is 99.3. The summed E-state index contributed by atoms with van der Waals surface area (Å²) in [5, 5.41) is 63.6. The highest BCUT2D eigenvalue weighted by Gasteiger charge is 2.79. The minimum Gasteiger partial charge on any atom is -0.496 e. The molecule has 135 heavy (non-hydrogen) atoms. The van der Waals surface area contributed by atoms with Gasteiger partial charge in [-0.05, 0) is 131 Å². The quantitative estimate of drug-likeness (QED) is 0.00654. The fraction of sp³-hybridized carbons (Fsp3) is 0.527. The van der Waals surface area contributed by atoms with Crippen LogP contribution in [0.4, 0.5) is 11.4 Å². The van der Waals surface area contributed by atoms with Crippen molar-refractivity contribution < 1.29 is 121 Å². The Balaban J connectivity index is 0.00000177. The van der Waals surface area contributed by atoms with Crippen molar-refractivity contribution in [3.63, 3.8) is 0 Å². The van der Waals surface area contributed by atoms with Crippen LogP contribution in [0, 0.1) is 30.1 Å². The highest BCUT2D eigenvalue weighted by atomic mass is 33.1. The summed E-state index contributed by atoms with van der Waals surface area (Å²) in [6, 6.07) is 14.4. The SMILES string of the molecule is CC[C@]1(O)C[C@H]2CN(CCc3c([nH]c4ccccc34)[C@@](C(=O)OC)(c3cc4c(cc3OC)N(C)[C@H]3[C@@](O)(C(=O)NCC(=O)OCCSSCCCC(=O)[C@H](CC(=O)O)NC(=O)[C@H](C)CC(=O)[C@H](CCCN=C(N)N)NC(=O)[C@H](C)CC(=O)CCCNC(=O)c5ccc(NCc6cnc7nc(C)[nH]c(=O)c7n6)cc5)[C@H](O)[C@]5(CC)C=CCN6CC[C@]43[C@@H]65)C2)C1.O=C=O.O=C=O.O=C=O.O=C=O. The van der Waals surface area contributed by atoms with Crippen molar-refractivity contribution in [1.82, 2.24) is 56.0 Å². The number of para-hydroxylation sites is 1. The molecule has 44 heteroatoms. The molecule has 2 saturated heterocycles. The number of likely N-dealkylation sites (N-methyl/N-ethyl adjacent to an activating group) is 1. The molecular weight excluding hydrogens is 1800 g/mol. The highest BCUT2D eigenvalue weighted by molar-refractivity contribution is 8.76. The van der Waals surface area contributed by atoms with E-state index >= 15 is 9.59 Å². The number of carboxylic acids is 1. The van der Waals surface area contributed by atoms with Gasteiger partial charge in [-0.2, -0.15) is 38.4 Å². The number of aliphatic imine (C=N–C) groups is 1. The van der Waals surface area contributed by atoms with Crippen LogP contribution >= 0.6 is 21.6 Å². The second-order valence-corrected chi connectivity index (χ2v) is 36.6. The molecule has 1 unspecified atom stereocenters. The Morgan fingerprint density at radius 1 is 0.770 bits per heavy atom. The molecule has 726 valence electrons. The molecule has 12 rings (SSSR count). The first-order chi connectivity index (χ1) is 64.4. The molecule has 3 fully saturated rings. The number of methoxy groups -OCH3 is 2. The number of guanidine groups is 1. The van der Waals surface area contributed by atoms with E-state index in [1.165, 1.54) is 48.7 Å². The van der Waals surface area contributed by atoms with Crippen LogP contribution in [0.3, 0.4) is 0 Å². The molecule has 1 aliphatic carbocycles. The number of ether oxygens (including phenoxy) is 3. The number of aliphatic hydroxyl groups excluding tert-OH is 1. The number of aromatic amines is 2. The summed E-state index contributed by atoms with van der Waals surface area (Å²) in [4.78, 5) is 244. The maximum Gasteiger partial charge on any atom is 0.373 e. The van der Waals surface area contributed by atoms with E-state index in [-0.39, 0.29) is 143 Å². The normalized spacial score (nSPS) is 22.6. The number of aromatic nitrogens is 5. The standard InChI is InChI=1S/C87H114N16O18S2.4CO2/c1-9-83(117)42-52-43-86(81(116)120-8,71-58(26-32-102(47-52)48-83)57-18-11-12-19-61(57)98-71)60-39-59-64(41-67(60)119-7)101(6)78-85(59)28-33-103-31-16-27-84(10-2,77(85)103)79(114)87(78,118)80(115)94-46-69(109)121-34-36-123-122-35-15-21-65(105)63(40-68(107)108)100-74(111)50(4)38-66(106)62(20-14-30-91-82(88)89)99-73(110)49(3)37-56(104)17-13-29-90-75(112)53-22-24-54(25-23-53)92-44-55-45-93-72-70(97-55)76(113)96-51(5)95-72;4*2-1-3/h11-12,16,18-19,22-25,27,39,41,45,49-50,52,62-63,77-79,92,98,114,117-118H,9-10,13-15,17,20-21,26,28-38,40,42-44,46-48H2,1-8H3,(H,90,112)(H,94,115)(H,99,110)(H,100,111)(H,107,108)(H4,88,89,91)(H,93,95,96,113);;;;/t49-,50-,52-,62+,63+,77+,78-,79-,83+,84-,85-,86+,87+;;;;/m1..../s1. The number of fused-ring (bicyclic) bond motifs is 7. The number of esters is 2. The summed E-state index contributed by atoms with van der Waals surface area (Å²) in [6.07, 6.45) is 6.65. The smallest absolute Gasteiger partial charge is 0.373 e. The van der Waals surface area contributed by atoms with E-state index < -0.39 is 142 Å². The molecule has 1 spiro atoms. The van der Waals surface area contributed by atoms with Gasteiger partial charge in [-0.15, -0.1) is 0 Å². The lowest BCUT2D eigenvalue weighted by Crippen LogP contribution is -2.81. The average Bonchev–Trinajstić information content (AvgIpc) is 1.48. The predicted octanol–water partition coefficient (Wildman–Crippen LogP) is 2.15. The lowest BCUT2D eigenvalue weighted by Gasteiger charge is -2.63. The minimum atomic E-state index is -2.58. The first kappa shape index (κ1) is 107. The van der Waals surface area contributed by atoms with Crippen LogP contribution in [0.5, 0.6) is 5.75 Å². The number of anilines is 2. The van der Waals surface area contributed by atoms with Crippen molar-refractivity contribution in [2.75, 3.05) is 102 Å². The fourth-order valence-corrected chi connectivity index (χ4v) is 21.7. The van der Waals surface area contributed by atoms with E-state index in [1.807, 2.05) is 61.2 Å². The molecule has 15 N–H and O–H groups in total. The molecule has 42 nitrogen and oxygen atoms in total. The first-order valence-electron chi connectivity index (χ1n) is 43.8. The number of aryl methyl sites for hydroxylation is 1. The lowest BCUT2D eigenvalue weighted by molar-refractivity contribution is -0.203. The molecule has 1 saturated carbocycles. The van der Waals surface area contributed by atoms with Gasteiger partial charge >= 0.3 is 42.5 Å². The van der Waals surface area contributed by atoms with Gasteiger partial charge in [0.1, 0.15) is 42.0 Å². The molecule has 6 aliphatic rings. The number of nitrogens with zero attached hydrogens (tertiary/aromatic N) is 7. The number of hydrogen-bond acceptors (Lipinski definition) is 35. The third kappa shape index (κ3) is 25.2. The van der Waals surface area contributed by atoms with Gasteiger partial charge < -0.3 is 87.6 Å². The Hall–Kier alpha value is -12.8. The topological polar surface area (TPSA) is 637 Å². The second-order valence-electron chi connectivity index (χ2n) is 33.9. The molecule has 0 radical (unpaired) electrons. The Labute approximate surface area is 783 Å². The number of nitrogens with two attached hydrogens (primary N) is 2. The number of carboxylic acid groups (broad SMARTS) is 1. The van der Waals surface area contributed by atoms with Crippen LogP contribution < -0.4 is 53.2 Å². The summed E-state index contributed by atoms with van der Waals surface area (Å²) in [6.45, 7) is 11.1. The van der Waals surface area contributed by atoms with Gasteiger partial charge in [0.15, 0.2) is 34.3 Å². The first-order valence-corrected chi connectivity index (χ1v) is 46.3. The molecule has 3 aromatic heterocycles. The molecule has 3 aromatic carbocycles. The molecule has 2 bridgehead atoms. The van der Waals surface area contributed by atoms with E-state index in [0.29, 0.717) is 116 Å². The number of nitrogens with one attached hydrogen (secondary N) is 7. The largest absolute Gasteiger partial charge is 0.496 e. The number of benzene rings is 3. The van der Waals surface area contributed by atoms with Crippen molar-refractivity contribution in [3.05, 3.63) is 129 Å². The number of amides is 4. The summed E-state index contributed by atoms with van der Waals surface area (Å²) >= 11 is 0. The van der Waals surface area contributed by atoms with E-state index in [0.717, 1.165) is 22.0 Å². The number of ketones is 3. The lowest BCUT2D eigenvalue weighted by atomic mass is 9.47. The van der Waals surface area contributed by atoms with Gasteiger partial charge in [0.05, 0.1) is 62.8 Å². The number of aliphatic hydroxyl groups is 3. The van der Waals surface area contributed by atoms with Gasteiger partial charge in [-0.25, -0.2) is 15.0 Å². The maximum atomic E-state index is 15.6. The van der Waals surface area contributed by atoms with E-state index in [9.17, 15) is 63.6 Å². The Morgan fingerprint density at radius 3 is 2.10 bits per heavy atom. The number of aliphatic carboxylic acids is 1. The van der Waals surface area contributed by atoms with Crippen molar-refractivity contribution in [2.45, 2.75) is 190 Å². The van der Waals surface area contributed by atoms with Crippen LogP contribution in [0.25, 0.3) is 22.1 Å². The Kier molecular flexibility index (Phi) is 39.3. The van der Waals surface area contributed by atoms with Gasteiger partial charge in [0, 0.05) is 157 Å². The second kappa shape index (κ2) is 49.4. The van der Waals surface area contributed by atoms with Crippen LogP contribution in [-0.2, 0) is 115 Å². The average molecular weight is 1910 g/mol. The van der Waals surface area contributed by atoms with E-state index in [1.54, 1.807) is 45.3 Å². The van der Waals surface area contributed by atoms with Crippen molar-refractivity contribution in [2.24, 2.45) is 39.6 Å². The maximum absolute atomic E-state index is 15.6. The van der Waals surface area contributed by atoms with Crippen LogP contribution in [0.1, 0.15) is 162 Å². The summed E-state index contributed by atoms with van der Waals surface area (Å²) in [5.41, 5.74) is 9.48. The zero-order valence-electron chi connectivity index (χ0n) is 76.1. The zero-order valence-corrected chi connectivity index (χ0v) is 77.7. The number of rotatable bonds is 40. The molecule has 8 heterocycles. The fourth-order valence-electron chi connectivity index (χ4n) is 19.8. The number of carbonyl (C=O) groups is 10. The van der Waals surface area contributed by atoms with Crippen LogP contribution in [0.2, 0.25) is 0 Å². The number of H-pyrrole nitrogens is 2. The van der Waals surface area contributed by atoms with Crippen molar-refractivity contribution >= 4 is 144 Å². The highest BCUT2D eigenvalue weighted by Crippen LogP contribution is 2.68. The predicted molar refractivity (Wildman–Crippen MR) is 484 cm³/mol. The number of Topliss-reactive ketones (excluding diaryl/α,β-unsaturated/α-hetero) is 3. The van der Waals surface area contributed by atoms with Gasteiger partial charge in [-0.1, -0.05) is 79.6 Å². The summed E-state index contributed by atoms with van der Waals surface area (Å²) in [7, 11) is 7.40. The molecule has 14 atom stereocenters. The molecule has 6 aromatic rings. The third-order valence-corrected chi connectivity index (χ3v) is 28.0. The molecule has 4 amide bonds. The van der Waals surface area contributed by atoms with Crippen molar-refractivity contribution in [3.8, 4) is 5.75 Å². The number of carbonyl (C=O) groups excluding carboxylic acids is 17. The summed E-state index contributed by atoms with van der Waals surface area (Å²) in [5.74, 6) is -7.70. The molecule has 5 aliphatic heterocycles. The van der Waals surface area contributed by atoms with E-state index in [2.05, 4.69) is 72.4 Å². The number of hydrogen-bond donors (Lipinski definition) is 13. The van der Waals surface area contributed by atoms with Crippen LogP contribution in [0.15, 0.2) is 88.8 Å². The summed E-state index contributed by atoms with van der Waals surface area (Å²) < 4.78 is 18.0. The monoisotopic (exact) mass is 1910 g/mol. The third-order valence-electron chi connectivity index (χ3n) is 25.6. The minimum absolute atomic E-state index is 0.0412. The van der Waals surface area contributed by atoms with Crippen molar-refractivity contribution in [1.29, 1.82) is 0 Å². The van der Waals surface area contributed by atoms with Gasteiger partial charge in [0.2, 0.25) is 11.8 Å². The Morgan fingerprint density at radius 2 is 1.44 bits per heavy atom. The number of piperidine rings is 1. The van der Waals surface area contributed by atoms with Gasteiger partial charge in [-0.3, -0.25) is 67.5 Å². The van der Waals surface area contributed by atoms with Crippen LogP contribution in [-0.4, -0.2) is 278 Å². The molecular formula is C91H114N16O26S2.